The standard InChI is InChI=1S/C17H28N4O3/c1-16(2,3)14-10-13(18-19-14)15(22)21-5-4-17(23,12-21)11-20-6-8-24-9-7-20/h10,23H,4-9,11-12H2,1-3H3,(H,18,19)/t17-/m0/s1. The molecule has 0 bridgehead atoms. The maximum Gasteiger partial charge on any atom is 0.274 e. The second kappa shape index (κ2) is 6.46. The molecule has 2 aliphatic heterocycles. The molecule has 3 heterocycles. The normalized spacial score (nSPS) is 26.1. The van der Waals surface area contributed by atoms with E-state index < -0.39 is 5.60 Å². The van der Waals surface area contributed by atoms with E-state index in [9.17, 15) is 9.90 Å². The number of likely N-dealkylation sites (tertiary alicyclic amines) is 1. The lowest BCUT2D eigenvalue weighted by Gasteiger charge is -2.33. The summed E-state index contributed by atoms with van der Waals surface area (Å²) in [5.74, 6) is -0.111. The fourth-order valence-corrected chi connectivity index (χ4v) is 3.31. The Labute approximate surface area is 143 Å². The first-order chi connectivity index (χ1) is 11.3. The summed E-state index contributed by atoms with van der Waals surface area (Å²) >= 11 is 0. The second-order valence-corrected chi connectivity index (χ2v) is 8.01. The zero-order valence-electron chi connectivity index (χ0n) is 14.8. The third-order valence-corrected chi connectivity index (χ3v) is 4.85. The highest BCUT2D eigenvalue weighted by molar-refractivity contribution is 5.92. The zero-order valence-corrected chi connectivity index (χ0v) is 14.8. The Hall–Kier alpha value is -1.44. The molecule has 1 aromatic rings. The molecule has 0 aromatic carbocycles. The summed E-state index contributed by atoms with van der Waals surface area (Å²) in [5, 5.41) is 18.0. The lowest BCUT2D eigenvalue weighted by atomic mass is 9.92. The number of amides is 1. The molecule has 2 fully saturated rings. The van der Waals surface area contributed by atoms with Crippen LogP contribution in [0.15, 0.2) is 6.07 Å². The molecular weight excluding hydrogens is 308 g/mol. The van der Waals surface area contributed by atoms with Crippen molar-refractivity contribution in [2.45, 2.75) is 38.2 Å². The van der Waals surface area contributed by atoms with Crippen LogP contribution < -0.4 is 0 Å². The summed E-state index contributed by atoms with van der Waals surface area (Å²) in [4.78, 5) is 16.6. The van der Waals surface area contributed by atoms with Crippen LogP contribution >= 0.6 is 0 Å². The van der Waals surface area contributed by atoms with Gasteiger partial charge in [0.25, 0.3) is 5.91 Å². The predicted molar refractivity (Wildman–Crippen MR) is 90.0 cm³/mol. The Morgan fingerprint density at radius 2 is 2.08 bits per heavy atom. The molecule has 24 heavy (non-hydrogen) atoms. The first-order valence-corrected chi connectivity index (χ1v) is 8.65. The van der Waals surface area contributed by atoms with Gasteiger partial charge in [-0.3, -0.25) is 14.8 Å². The van der Waals surface area contributed by atoms with E-state index in [1.165, 1.54) is 0 Å². The summed E-state index contributed by atoms with van der Waals surface area (Å²) in [5.41, 5.74) is 0.452. The van der Waals surface area contributed by atoms with Gasteiger partial charge in [0, 0.05) is 37.3 Å². The van der Waals surface area contributed by atoms with E-state index in [1.54, 1.807) is 4.90 Å². The van der Waals surface area contributed by atoms with Gasteiger partial charge in [-0.1, -0.05) is 20.8 Å². The number of carbonyl (C=O) groups is 1. The first kappa shape index (κ1) is 17.4. The highest BCUT2D eigenvalue weighted by atomic mass is 16.5. The van der Waals surface area contributed by atoms with Crippen molar-refractivity contribution < 1.29 is 14.6 Å². The molecule has 134 valence electrons. The third-order valence-electron chi connectivity index (χ3n) is 4.85. The van der Waals surface area contributed by atoms with Gasteiger partial charge in [-0.2, -0.15) is 5.10 Å². The van der Waals surface area contributed by atoms with Gasteiger partial charge in [0.2, 0.25) is 0 Å². The average Bonchev–Trinajstić information content (AvgIpc) is 3.14. The van der Waals surface area contributed by atoms with Crippen molar-refractivity contribution in [1.29, 1.82) is 0 Å². The number of aliphatic hydroxyl groups is 1. The number of H-pyrrole nitrogens is 1. The lowest BCUT2D eigenvalue weighted by molar-refractivity contribution is -0.0257. The van der Waals surface area contributed by atoms with Crippen LogP contribution in [0, 0.1) is 0 Å². The topological polar surface area (TPSA) is 81.7 Å². The fourth-order valence-electron chi connectivity index (χ4n) is 3.31. The SMILES string of the molecule is CC(C)(C)c1cc(C(=O)N2CC[C@](O)(CN3CCOCC3)C2)n[nH]1. The van der Waals surface area contributed by atoms with Gasteiger partial charge in [-0.05, 0) is 12.5 Å². The van der Waals surface area contributed by atoms with Crippen LogP contribution in [0.25, 0.3) is 0 Å². The molecule has 2 N–H and O–H groups in total. The monoisotopic (exact) mass is 336 g/mol. The van der Waals surface area contributed by atoms with E-state index in [1.807, 2.05) is 6.07 Å². The number of aromatic amines is 1. The van der Waals surface area contributed by atoms with Crippen LogP contribution in [-0.4, -0.2) is 82.5 Å². The number of rotatable bonds is 3. The highest BCUT2D eigenvalue weighted by Gasteiger charge is 2.40. The van der Waals surface area contributed by atoms with Gasteiger partial charge in [0.1, 0.15) is 5.69 Å². The van der Waals surface area contributed by atoms with Crippen molar-refractivity contribution in [3.8, 4) is 0 Å². The largest absolute Gasteiger partial charge is 0.387 e. The van der Waals surface area contributed by atoms with Crippen LogP contribution in [0.4, 0.5) is 0 Å². The van der Waals surface area contributed by atoms with Crippen LogP contribution in [0.2, 0.25) is 0 Å². The highest BCUT2D eigenvalue weighted by Crippen LogP contribution is 2.25. The van der Waals surface area contributed by atoms with Crippen LogP contribution in [0.3, 0.4) is 0 Å². The van der Waals surface area contributed by atoms with Crippen molar-refractivity contribution in [3.05, 3.63) is 17.5 Å². The van der Waals surface area contributed by atoms with Crippen LogP contribution in [-0.2, 0) is 10.2 Å². The van der Waals surface area contributed by atoms with Gasteiger partial charge in [0.05, 0.1) is 25.4 Å². The quantitative estimate of drug-likeness (QED) is 0.845. The number of hydrogen-bond donors (Lipinski definition) is 2. The Morgan fingerprint density at radius 3 is 2.71 bits per heavy atom. The van der Waals surface area contributed by atoms with Gasteiger partial charge >= 0.3 is 0 Å². The fraction of sp³-hybridized carbons (Fsp3) is 0.765. The second-order valence-electron chi connectivity index (χ2n) is 8.01. The molecule has 1 atom stereocenters. The van der Waals surface area contributed by atoms with Crippen LogP contribution in [0.1, 0.15) is 43.4 Å². The number of ether oxygens (including phenoxy) is 1. The minimum atomic E-state index is -0.837. The number of nitrogens with one attached hydrogen (secondary N) is 1. The molecule has 2 saturated heterocycles. The van der Waals surface area contributed by atoms with Gasteiger partial charge in [-0.15, -0.1) is 0 Å². The molecule has 1 amide bonds. The molecular formula is C17H28N4O3. The Morgan fingerprint density at radius 1 is 1.38 bits per heavy atom. The molecule has 0 unspecified atom stereocenters. The zero-order chi connectivity index (χ0) is 17.4. The van der Waals surface area contributed by atoms with E-state index in [2.05, 4.69) is 35.9 Å². The number of β-amino-alcohol motifs (C(OH)–C–C–N with tert-alkyl or cyclic N) is 1. The number of nitrogens with zero attached hydrogens (tertiary/aromatic N) is 3. The van der Waals surface area contributed by atoms with Crippen molar-refractivity contribution >= 4 is 5.91 Å². The van der Waals surface area contributed by atoms with E-state index in [4.69, 9.17) is 4.74 Å². The average molecular weight is 336 g/mol. The molecule has 7 nitrogen and oxygen atoms in total. The summed E-state index contributed by atoms with van der Waals surface area (Å²) < 4.78 is 5.34. The predicted octanol–water partition coefficient (Wildman–Crippen LogP) is 0.616. The van der Waals surface area contributed by atoms with E-state index in [-0.39, 0.29) is 11.3 Å². The maximum absolute atomic E-state index is 12.7. The van der Waals surface area contributed by atoms with E-state index in [0.29, 0.717) is 45.0 Å². The number of hydrogen-bond acceptors (Lipinski definition) is 5. The summed E-state index contributed by atoms with van der Waals surface area (Å²) in [6.07, 6.45) is 0.604. The molecule has 0 radical (unpaired) electrons. The molecule has 2 aliphatic rings. The molecule has 3 rings (SSSR count). The third kappa shape index (κ3) is 3.79. The minimum Gasteiger partial charge on any atom is -0.387 e. The molecule has 1 aromatic heterocycles. The summed E-state index contributed by atoms with van der Waals surface area (Å²) in [7, 11) is 0. The van der Waals surface area contributed by atoms with Gasteiger partial charge in [-0.25, -0.2) is 0 Å². The number of morpholine rings is 1. The van der Waals surface area contributed by atoms with Crippen molar-refractivity contribution in [3.63, 3.8) is 0 Å². The molecule has 7 heteroatoms. The van der Waals surface area contributed by atoms with Crippen molar-refractivity contribution in [2.75, 3.05) is 45.9 Å². The first-order valence-electron chi connectivity index (χ1n) is 8.65. The van der Waals surface area contributed by atoms with Gasteiger partial charge in [0.15, 0.2) is 0 Å². The Balaban J connectivity index is 1.62. The molecule has 0 saturated carbocycles. The van der Waals surface area contributed by atoms with Crippen LogP contribution in [0.5, 0.6) is 0 Å². The molecule has 0 aliphatic carbocycles. The summed E-state index contributed by atoms with van der Waals surface area (Å²) in [6, 6.07) is 1.82. The number of carbonyl (C=O) groups excluding carboxylic acids is 1. The minimum absolute atomic E-state index is 0.0758. The van der Waals surface area contributed by atoms with Crippen molar-refractivity contribution in [2.24, 2.45) is 0 Å². The lowest BCUT2D eigenvalue weighted by Crippen LogP contribution is -2.49. The number of aromatic nitrogens is 2. The van der Waals surface area contributed by atoms with Crippen molar-refractivity contribution in [1.82, 2.24) is 20.0 Å². The Bertz CT molecular complexity index is 589. The Kier molecular flexibility index (Phi) is 4.68. The van der Waals surface area contributed by atoms with E-state index >= 15 is 0 Å². The summed E-state index contributed by atoms with van der Waals surface area (Å²) in [6.45, 7) is 10.8. The maximum atomic E-state index is 12.7. The smallest absolute Gasteiger partial charge is 0.274 e. The van der Waals surface area contributed by atoms with Gasteiger partial charge < -0.3 is 14.7 Å². The van der Waals surface area contributed by atoms with E-state index in [0.717, 1.165) is 18.8 Å². The molecule has 0 spiro atoms.